The smallest absolute Gasteiger partial charge is 0.160 e. The molecule has 0 fully saturated rings. The first-order valence-corrected chi connectivity index (χ1v) is 11.9. The second-order valence-electron chi connectivity index (χ2n) is 8.71. The van der Waals surface area contributed by atoms with E-state index in [2.05, 4.69) is 92.7 Å². The van der Waals surface area contributed by atoms with Crippen LogP contribution in [0.25, 0.3) is 45.0 Å². The molecule has 1 atom stereocenters. The van der Waals surface area contributed by atoms with Crippen molar-refractivity contribution >= 4 is 0 Å². The van der Waals surface area contributed by atoms with Crippen molar-refractivity contribution in [3.05, 3.63) is 121 Å². The molecule has 0 saturated carbocycles. The van der Waals surface area contributed by atoms with E-state index in [-0.39, 0.29) is 0 Å². The Kier molecular flexibility index (Phi) is 6.31. The van der Waals surface area contributed by atoms with Gasteiger partial charge in [0.2, 0.25) is 0 Å². The van der Waals surface area contributed by atoms with Crippen LogP contribution in [-0.2, 0) is 0 Å². The molecule has 2 nitrogen and oxygen atoms in total. The SMILES string of the molecule is CCC(C)c1ccc(-c2cccc(-c3cc(-c4ccccc4)nc(-c4ccccc4)n3)c2)cc1. The lowest BCUT2D eigenvalue weighted by molar-refractivity contribution is 0.734. The van der Waals surface area contributed by atoms with Crippen molar-refractivity contribution in [1.82, 2.24) is 9.97 Å². The van der Waals surface area contributed by atoms with Crippen molar-refractivity contribution in [3.8, 4) is 45.0 Å². The Labute approximate surface area is 202 Å². The predicted octanol–water partition coefficient (Wildman–Crippen LogP) is 8.66. The molecule has 1 aromatic heterocycles. The van der Waals surface area contributed by atoms with Gasteiger partial charge in [-0.3, -0.25) is 0 Å². The minimum atomic E-state index is 0.578. The van der Waals surface area contributed by atoms with Gasteiger partial charge < -0.3 is 0 Å². The lowest BCUT2D eigenvalue weighted by Crippen LogP contribution is -1.96. The lowest BCUT2D eigenvalue weighted by atomic mass is 9.95. The molecule has 5 rings (SSSR count). The fourth-order valence-corrected chi connectivity index (χ4v) is 4.17. The third kappa shape index (κ3) is 4.67. The van der Waals surface area contributed by atoms with Crippen molar-refractivity contribution in [3.63, 3.8) is 0 Å². The maximum absolute atomic E-state index is 4.97. The van der Waals surface area contributed by atoms with Crippen molar-refractivity contribution in [2.24, 2.45) is 0 Å². The van der Waals surface area contributed by atoms with Crippen LogP contribution in [0.1, 0.15) is 31.7 Å². The molecule has 0 N–H and O–H groups in total. The zero-order valence-electron chi connectivity index (χ0n) is 19.6. The van der Waals surface area contributed by atoms with Crippen LogP contribution in [0, 0.1) is 0 Å². The summed E-state index contributed by atoms with van der Waals surface area (Å²) in [6, 6.07) is 40.2. The summed E-state index contributed by atoms with van der Waals surface area (Å²) in [5, 5.41) is 0. The maximum atomic E-state index is 4.97. The Balaban J connectivity index is 1.58. The molecule has 0 amide bonds. The van der Waals surface area contributed by atoms with Gasteiger partial charge in [-0.2, -0.15) is 0 Å². The highest BCUT2D eigenvalue weighted by Crippen LogP contribution is 2.31. The minimum absolute atomic E-state index is 0.578. The highest BCUT2D eigenvalue weighted by Gasteiger charge is 2.11. The Hall–Kier alpha value is -4.04. The summed E-state index contributed by atoms with van der Waals surface area (Å²) >= 11 is 0. The summed E-state index contributed by atoms with van der Waals surface area (Å²) in [5.41, 5.74) is 8.82. The summed E-state index contributed by atoms with van der Waals surface area (Å²) in [6.45, 7) is 4.51. The third-order valence-corrected chi connectivity index (χ3v) is 6.41. The van der Waals surface area contributed by atoms with Gasteiger partial charge >= 0.3 is 0 Å². The van der Waals surface area contributed by atoms with E-state index in [1.165, 1.54) is 16.7 Å². The van der Waals surface area contributed by atoms with Crippen LogP contribution in [0.5, 0.6) is 0 Å². The first-order valence-electron chi connectivity index (χ1n) is 11.9. The van der Waals surface area contributed by atoms with Crippen LogP contribution in [0.15, 0.2) is 115 Å². The predicted molar refractivity (Wildman–Crippen MR) is 142 cm³/mol. The summed E-state index contributed by atoms with van der Waals surface area (Å²) in [4.78, 5) is 9.87. The van der Waals surface area contributed by atoms with Crippen LogP contribution < -0.4 is 0 Å². The van der Waals surface area contributed by atoms with Crippen molar-refractivity contribution in [2.45, 2.75) is 26.2 Å². The third-order valence-electron chi connectivity index (χ3n) is 6.41. The van der Waals surface area contributed by atoms with E-state index in [0.717, 1.165) is 40.3 Å². The zero-order valence-corrected chi connectivity index (χ0v) is 19.6. The maximum Gasteiger partial charge on any atom is 0.160 e. The Bertz CT molecular complexity index is 1320. The number of rotatable bonds is 6. The van der Waals surface area contributed by atoms with E-state index in [1.807, 2.05) is 36.4 Å². The summed E-state index contributed by atoms with van der Waals surface area (Å²) in [5.74, 6) is 1.31. The van der Waals surface area contributed by atoms with Crippen LogP contribution in [0.3, 0.4) is 0 Å². The van der Waals surface area contributed by atoms with Gasteiger partial charge in [0.25, 0.3) is 0 Å². The monoisotopic (exact) mass is 440 g/mol. The molecule has 34 heavy (non-hydrogen) atoms. The van der Waals surface area contributed by atoms with Gasteiger partial charge in [-0.05, 0) is 41.2 Å². The van der Waals surface area contributed by atoms with Crippen molar-refractivity contribution < 1.29 is 0 Å². The number of hydrogen-bond acceptors (Lipinski definition) is 2. The standard InChI is InChI=1S/C32H28N2/c1-3-23(2)24-17-19-25(20-18-24)28-15-10-16-29(21-28)31-22-30(26-11-6-4-7-12-26)33-32(34-31)27-13-8-5-9-14-27/h4-23H,3H2,1-2H3. The average molecular weight is 441 g/mol. The second-order valence-corrected chi connectivity index (χ2v) is 8.71. The summed E-state index contributed by atoms with van der Waals surface area (Å²) in [7, 11) is 0. The van der Waals surface area contributed by atoms with E-state index in [4.69, 9.17) is 9.97 Å². The molecule has 0 saturated heterocycles. The fraction of sp³-hybridized carbons (Fsp3) is 0.125. The minimum Gasteiger partial charge on any atom is -0.228 e. The first-order chi connectivity index (χ1) is 16.7. The van der Waals surface area contributed by atoms with Gasteiger partial charge in [-0.1, -0.05) is 117 Å². The molecule has 1 unspecified atom stereocenters. The average Bonchev–Trinajstić information content (AvgIpc) is 2.93. The number of aromatic nitrogens is 2. The van der Waals surface area contributed by atoms with Gasteiger partial charge in [0.15, 0.2) is 5.82 Å². The molecule has 1 heterocycles. The molecule has 0 aliphatic heterocycles. The Morgan fingerprint density at radius 1 is 0.529 bits per heavy atom. The van der Waals surface area contributed by atoms with E-state index >= 15 is 0 Å². The molecule has 4 aromatic carbocycles. The molecule has 5 aromatic rings. The zero-order chi connectivity index (χ0) is 23.3. The van der Waals surface area contributed by atoms with Crippen LogP contribution in [-0.4, -0.2) is 9.97 Å². The summed E-state index contributed by atoms with van der Waals surface area (Å²) < 4.78 is 0. The van der Waals surface area contributed by atoms with Gasteiger partial charge in [-0.25, -0.2) is 9.97 Å². The van der Waals surface area contributed by atoms with Crippen LogP contribution in [0.4, 0.5) is 0 Å². The highest BCUT2D eigenvalue weighted by atomic mass is 14.9. The molecule has 0 spiro atoms. The van der Waals surface area contributed by atoms with Crippen LogP contribution >= 0.6 is 0 Å². The molecule has 2 heteroatoms. The molecular weight excluding hydrogens is 412 g/mol. The quantitative estimate of drug-likeness (QED) is 0.264. The van der Waals surface area contributed by atoms with Crippen molar-refractivity contribution in [2.75, 3.05) is 0 Å². The van der Waals surface area contributed by atoms with Crippen LogP contribution in [0.2, 0.25) is 0 Å². The lowest BCUT2D eigenvalue weighted by Gasteiger charge is -2.12. The Morgan fingerprint density at radius 2 is 1.09 bits per heavy atom. The van der Waals surface area contributed by atoms with Gasteiger partial charge in [-0.15, -0.1) is 0 Å². The molecule has 0 radical (unpaired) electrons. The number of nitrogens with zero attached hydrogens (tertiary/aromatic N) is 2. The van der Waals surface area contributed by atoms with E-state index in [1.54, 1.807) is 0 Å². The van der Waals surface area contributed by atoms with E-state index in [0.29, 0.717) is 5.92 Å². The van der Waals surface area contributed by atoms with Gasteiger partial charge in [0.1, 0.15) is 0 Å². The van der Waals surface area contributed by atoms with E-state index in [9.17, 15) is 0 Å². The van der Waals surface area contributed by atoms with E-state index < -0.39 is 0 Å². The van der Waals surface area contributed by atoms with Gasteiger partial charge in [0.05, 0.1) is 11.4 Å². The summed E-state index contributed by atoms with van der Waals surface area (Å²) in [6.07, 6.45) is 1.15. The molecule has 0 aliphatic rings. The second kappa shape index (κ2) is 9.84. The highest BCUT2D eigenvalue weighted by molar-refractivity contribution is 5.75. The van der Waals surface area contributed by atoms with Gasteiger partial charge in [0, 0.05) is 16.7 Å². The normalized spacial score (nSPS) is 11.8. The topological polar surface area (TPSA) is 25.8 Å². The largest absolute Gasteiger partial charge is 0.228 e. The molecule has 0 bridgehead atoms. The number of hydrogen-bond donors (Lipinski definition) is 0. The van der Waals surface area contributed by atoms with Crippen molar-refractivity contribution in [1.29, 1.82) is 0 Å². The molecular formula is C32H28N2. The molecule has 166 valence electrons. The Morgan fingerprint density at radius 3 is 1.74 bits per heavy atom. The molecule has 0 aliphatic carbocycles. The first kappa shape index (κ1) is 21.8. The fourth-order valence-electron chi connectivity index (χ4n) is 4.17. The number of benzene rings is 4.